The lowest BCUT2D eigenvalue weighted by atomic mass is 10.1. The number of nitrogens with one attached hydrogen (secondary N) is 2. The van der Waals surface area contributed by atoms with Gasteiger partial charge in [-0.25, -0.2) is 4.98 Å². The van der Waals surface area contributed by atoms with Crippen LogP contribution in [0.3, 0.4) is 0 Å². The highest BCUT2D eigenvalue weighted by molar-refractivity contribution is 6.46. The van der Waals surface area contributed by atoms with E-state index in [2.05, 4.69) is 20.5 Å². The largest absolute Gasteiger partial charge is 0.543 e. The summed E-state index contributed by atoms with van der Waals surface area (Å²) in [5.74, 6) is -1.56. The Labute approximate surface area is 147 Å². The SMILES string of the molecule is C/C(=N\Nc1c(Cl)c(Cl)nc(C(=O)[O-])c1Cl)c1c(C)c[nH]c1C. The lowest BCUT2D eigenvalue weighted by molar-refractivity contribution is -0.255. The number of carbonyl (C=O) groups excluding carboxylic acids is 1. The van der Waals surface area contributed by atoms with Gasteiger partial charge in [0.15, 0.2) is 5.15 Å². The van der Waals surface area contributed by atoms with Crippen LogP contribution in [0.15, 0.2) is 11.3 Å². The van der Waals surface area contributed by atoms with E-state index in [0.29, 0.717) is 5.71 Å². The van der Waals surface area contributed by atoms with Gasteiger partial charge >= 0.3 is 0 Å². The van der Waals surface area contributed by atoms with Crippen LogP contribution in [-0.2, 0) is 0 Å². The van der Waals surface area contributed by atoms with E-state index >= 15 is 0 Å². The van der Waals surface area contributed by atoms with Crippen molar-refractivity contribution in [2.24, 2.45) is 5.10 Å². The van der Waals surface area contributed by atoms with E-state index in [-0.39, 0.29) is 20.9 Å². The maximum atomic E-state index is 11.0. The van der Waals surface area contributed by atoms with Gasteiger partial charge in [-0.05, 0) is 26.3 Å². The van der Waals surface area contributed by atoms with Gasteiger partial charge < -0.3 is 14.9 Å². The number of carbonyl (C=O) groups is 1. The van der Waals surface area contributed by atoms with Crippen molar-refractivity contribution < 1.29 is 9.90 Å². The minimum absolute atomic E-state index is 0.0271. The number of pyridine rings is 1. The van der Waals surface area contributed by atoms with Crippen molar-refractivity contribution >= 4 is 52.2 Å². The molecule has 0 unspecified atom stereocenters. The molecule has 0 fully saturated rings. The Morgan fingerprint density at radius 2 is 1.96 bits per heavy atom. The van der Waals surface area contributed by atoms with E-state index in [1.165, 1.54) is 0 Å². The maximum absolute atomic E-state index is 11.0. The average Bonchev–Trinajstić information content (AvgIpc) is 2.81. The summed E-state index contributed by atoms with van der Waals surface area (Å²) in [6, 6.07) is 0. The number of carboxylic acid groups (broad SMARTS) is 1. The molecule has 0 aromatic carbocycles. The van der Waals surface area contributed by atoms with E-state index in [0.717, 1.165) is 16.8 Å². The number of rotatable bonds is 4. The summed E-state index contributed by atoms with van der Waals surface area (Å²) in [4.78, 5) is 17.7. The first-order chi connectivity index (χ1) is 10.7. The standard InChI is InChI=1S/C14H13Cl3N4O2/c1-5-4-18-6(2)8(5)7(3)20-21-11-9(15)12(14(22)23)19-13(17)10(11)16/h4,18H,1-3H3,(H,19,21)(H,22,23)/p-1/b20-7+. The van der Waals surface area contributed by atoms with Gasteiger partial charge in [-0.2, -0.15) is 5.10 Å². The zero-order valence-electron chi connectivity index (χ0n) is 12.4. The van der Waals surface area contributed by atoms with Crippen LogP contribution in [0.1, 0.15) is 34.2 Å². The van der Waals surface area contributed by atoms with E-state index in [4.69, 9.17) is 34.8 Å². The molecule has 0 atom stereocenters. The van der Waals surface area contributed by atoms with Gasteiger partial charge in [0.1, 0.15) is 10.7 Å². The highest BCUT2D eigenvalue weighted by Crippen LogP contribution is 2.36. The molecule has 0 aliphatic heterocycles. The number of halogens is 3. The summed E-state index contributed by atoms with van der Waals surface area (Å²) >= 11 is 17.8. The molecule has 6 nitrogen and oxygen atoms in total. The van der Waals surface area contributed by atoms with Crippen molar-refractivity contribution in [3.05, 3.63) is 43.9 Å². The zero-order chi connectivity index (χ0) is 17.3. The third-order valence-electron chi connectivity index (χ3n) is 3.20. The van der Waals surface area contributed by atoms with Crippen LogP contribution in [-0.4, -0.2) is 21.6 Å². The number of carboxylic acids is 1. The molecule has 0 spiro atoms. The number of aromatic amines is 1. The number of hydrogen-bond acceptors (Lipinski definition) is 5. The number of H-pyrrole nitrogens is 1. The van der Waals surface area contributed by atoms with Crippen LogP contribution < -0.4 is 10.5 Å². The Balaban J connectivity index is 2.45. The predicted molar refractivity (Wildman–Crippen MR) is 89.7 cm³/mol. The fourth-order valence-corrected chi connectivity index (χ4v) is 2.82. The second-order valence-corrected chi connectivity index (χ2v) is 5.94. The molecule has 122 valence electrons. The van der Waals surface area contributed by atoms with Crippen LogP contribution in [0.4, 0.5) is 5.69 Å². The average molecular weight is 375 g/mol. The third kappa shape index (κ3) is 3.44. The summed E-state index contributed by atoms with van der Waals surface area (Å²) < 4.78 is 0. The first-order valence-corrected chi connectivity index (χ1v) is 7.58. The molecule has 2 heterocycles. The van der Waals surface area contributed by atoms with Crippen molar-refractivity contribution in [1.29, 1.82) is 0 Å². The Hall–Kier alpha value is -1.76. The minimum atomic E-state index is -1.56. The van der Waals surface area contributed by atoms with E-state index in [1.807, 2.05) is 20.0 Å². The van der Waals surface area contributed by atoms with Crippen molar-refractivity contribution in [1.82, 2.24) is 9.97 Å². The molecule has 0 aliphatic rings. The zero-order valence-corrected chi connectivity index (χ0v) is 14.7. The molecule has 0 aliphatic carbocycles. The fraction of sp³-hybridized carbons (Fsp3) is 0.214. The van der Waals surface area contributed by atoms with Crippen LogP contribution in [0.2, 0.25) is 15.2 Å². The molecule has 23 heavy (non-hydrogen) atoms. The summed E-state index contributed by atoms with van der Waals surface area (Å²) in [5, 5.41) is 14.8. The molecule has 0 bridgehead atoms. The highest BCUT2D eigenvalue weighted by Gasteiger charge is 2.17. The summed E-state index contributed by atoms with van der Waals surface area (Å²) in [6.07, 6.45) is 1.86. The third-order valence-corrected chi connectivity index (χ3v) is 4.31. The Bertz CT molecular complexity index is 795. The monoisotopic (exact) mass is 373 g/mol. The lowest BCUT2D eigenvalue weighted by Crippen LogP contribution is -2.24. The van der Waals surface area contributed by atoms with Crippen molar-refractivity contribution in [2.45, 2.75) is 20.8 Å². The molecular weight excluding hydrogens is 363 g/mol. The van der Waals surface area contributed by atoms with Crippen LogP contribution in [0, 0.1) is 13.8 Å². The number of aromatic carboxylic acids is 1. The Morgan fingerprint density at radius 3 is 2.48 bits per heavy atom. The number of hydrogen-bond donors (Lipinski definition) is 2. The Kier molecular flexibility index (Phi) is 5.19. The predicted octanol–water partition coefficient (Wildman–Crippen LogP) is 3.19. The van der Waals surface area contributed by atoms with Gasteiger partial charge in [-0.3, -0.25) is 5.43 Å². The molecule has 2 aromatic rings. The van der Waals surface area contributed by atoms with E-state index in [1.54, 1.807) is 6.92 Å². The molecule has 9 heteroatoms. The van der Waals surface area contributed by atoms with E-state index in [9.17, 15) is 9.90 Å². The van der Waals surface area contributed by atoms with Gasteiger partial charge in [0.2, 0.25) is 0 Å². The van der Waals surface area contributed by atoms with Gasteiger partial charge in [0.05, 0.1) is 22.4 Å². The normalized spacial score (nSPS) is 11.7. The molecular formula is C14H12Cl3N4O2-. The molecule has 0 amide bonds. The van der Waals surface area contributed by atoms with Gasteiger partial charge in [-0.15, -0.1) is 0 Å². The molecule has 2 N–H and O–H groups in total. The molecule has 2 aromatic heterocycles. The number of anilines is 1. The topological polar surface area (TPSA) is 93.2 Å². The first-order valence-electron chi connectivity index (χ1n) is 6.45. The molecule has 0 radical (unpaired) electrons. The maximum Gasteiger partial charge on any atom is 0.150 e. The summed E-state index contributed by atoms with van der Waals surface area (Å²) in [7, 11) is 0. The Morgan fingerprint density at radius 1 is 1.30 bits per heavy atom. The van der Waals surface area contributed by atoms with Gasteiger partial charge in [0, 0.05) is 17.5 Å². The summed E-state index contributed by atoms with van der Waals surface area (Å²) in [6.45, 7) is 5.65. The smallest absolute Gasteiger partial charge is 0.150 e. The van der Waals surface area contributed by atoms with Crippen molar-refractivity contribution in [3.63, 3.8) is 0 Å². The lowest BCUT2D eigenvalue weighted by Gasteiger charge is -2.13. The van der Waals surface area contributed by atoms with Gasteiger partial charge in [0.25, 0.3) is 0 Å². The van der Waals surface area contributed by atoms with Crippen molar-refractivity contribution in [3.8, 4) is 0 Å². The quantitative estimate of drug-likeness (QED) is 0.488. The van der Waals surface area contributed by atoms with Crippen LogP contribution >= 0.6 is 34.8 Å². The number of aromatic nitrogens is 2. The highest BCUT2D eigenvalue weighted by atomic mass is 35.5. The van der Waals surface area contributed by atoms with E-state index < -0.39 is 11.7 Å². The second-order valence-electron chi connectivity index (χ2n) is 4.82. The number of hydrazone groups is 1. The second kappa shape index (κ2) is 6.78. The van der Waals surface area contributed by atoms with Crippen molar-refractivity contribution in [2.75, 3.05) is 5.43 Å². The number of nitrogens with zero attached hydrogens (tertiary/aromatic N) is 2. The summed E-state index contributed by atoms with van der Waals surface area (Å²) in [5.41, 5.74) is 5.77. The van der Waals surface area contributed by atoms with Crippen LogP contribution in [0.5, 0.6) is 0 Å². The molecule has 0 saturated heterocycles. The first kappa shape index (κ1) is 17.6. The fourth-order valence-electron chi connectivity index (χ4n) is 2.16. The van der Waals surface area contributed by atoms with Crippen LogP contribution in [0.25, 0.3) is 0 Å². The molecule has 2 rings (SSSR count). The number of aryl methyl sites for hydroxylation is 2. The minimum Gasteiger partial charge on any atom is -0.543 e. The van der Waals surface area contributed by atoms with Gasteiger partial charge in [-0.1, -0.05) is 34.8 Å². The molecule has 0 saturated carbocycles.